The van der Waals surface area contributed by atoms with E-state index in [0.29, 0.717) is 0 Å². The first-order chi connectivity index (χ1) is 9.04. The highest BCUT2D eigenvalue weighted by Crippen LogP contribution is 2.30. The first kappa shape index (κ1) is 13.5. The van der Waals surface area contributed by atoms with Crippen LogP contribution < -0.4 is 0 Å². The van der Waals surface area contributed by atoms with Gasteiger partial charge in [0.1, 0.15) is 11.9 Å². The summed E-state index contributed by atoms with van der Waals surface area (Å²) in [6, 6.07) is 4.88. The van der Waals surface area contributed by atoms with Gasteiger partial charge in [0.15, 0.2) is 0 Å². The fourth-order valence-corrected chi connectivity index (χ4v) is 2.07. The standard InChI is InChI=1S/C14H16FNO3/c1-9(14(18)19-2)16(12-6-7-12)13(17)10-4-3-5-11(15)8-10/h3-5,8-9,12H,6-7H2,1-2H3. The molecule has 5 heteroatoms. The minimum atomic E-state index is -0.659. The van der Waals surface area contributed by atoms with Crippen LogP contribution in [0, 0.1) is 5.82 Å². The molecule has 0 aromatic heterocycles. The lowest BCUT2D eigenvalue weighted by Gasteiger charge is -2.27. The second kappa shape index (κ2) is 5.38. The maximum absolute atomic E-state index is 13.2. The van der Waals surface area contributed by atoms with Crippen molar-refractivity contribution in [3.8, 4) is 0 Å². The van der Waals surface area contributed by atoms with Gasteiger partial charge in [-0.2, -0.15) is 0 Å². The Hall–Kier alpha value is -1.91. The van der Waals surface area contributed by atoms with Crippen molar-refractivity contribution in [3.63, 3.8) is 0 Å². The monoisotopic (exact) mass is 265 g/mol. The van der Waals surface area contributed by atoms with Crippen molar-refractivity contribution >= 4 is 11.9 Å². The zero-order chi connectivity index (χ0) is 14.0. The molecule has 0 N–H and O–H groups in total. The summed E-state index contributed by atoms with van der Waals surface area (Å²) in [6.45, 7) is 1.63. The molecule has 0 aliphatic heterocycles. The lowest BCUT2D eigenvalue weighted by atomic mass is 10.1. The van der Waals surface area contributed by atoms with E-state index in [-0.39, 0.29) is 17.5 Å². The SMILES string of the molecule is COC(=O)C(C)N(C(=O)c1cccc(F)c1)C1CC1. The summed E-state index contributed by atoms with van der Waals surface area (Å²) in [5.74, 6) is -1.26. The highest BCUT2D eigenvalue weighted by Gasteiger charge is 2.39. The Morgan fingerprint density at radius 1 is 1.42 bits per heavy atom. The molecule has 1 amide bonds. The molecule has 1 aliphatic rings. The molecule has 0 heterocycles. The highest BCUT2D eigenvalue weighted by molar-refractivity contribution is 5.97. The van der Waals surface area contributed by atoms with Crippen molar-refractivity contribution in [2.24, 2.45) is 0 Å². The van der Waals surface area contributed by atoms with E-state index < -0.39 is 17.8 Å². The number of benzene rings is 1. The number of halogens is 1. The molecule has 2 rings (SSSR count). The molecule has 1 aliphatic carbocycles. The predicted octanol–water partition coefficient (Wildman–Crippen LogP) is 1.99. The van der Waals surface area contributed by atoms with Crippen LogP contribution in [0.3, 0.4) is 0 Å². The zero-order valence-electron chi connectivity index (χ0n) is 10.9. The molecule has 0 bridgehead atoms. The molecule has 0 radical (unpaired) electrons. The van der Waals surface area contributed by atoms with Crippen LogP contribution in [0.2, 0.25) is 0 Å². The molecule has 4 nitrogen and oxygen atoms in total. The number of nitrogens with zero attached hydrogens (tertiary/aromatic N) is 1. The first-order valence-corrected chi connectivity index (χ1v) is 6.20. The number of carbonyl (C=O) groups is 2. The van der Waals surface area contributed by atoms with Crippen molar-refractivity contribution in [1.82, 2.24) is 4.90 Å². The van der Waals surface area contributed by atoms with Crippen molar-refractivity contribution in [3.05, 3.63) is 35.6 Å². The van der Waals surface area contributed by atoms with Gasteiger partial charge in [-0.25, -0.2) is 9.18 Å². The molecule has 1 unspecified atom stereocenters. The number of hydrogen-bond donors (Lipinski definition) is 0. The fraction of sp³-hybridized carbons (Fsp3) is 0.429. The zero-order valence-corrected chi connectivity index (χ0v) is 10.9. The van der Waals surface area contributed by atoms with Gasteiger partial charge in [-0.1, -0.05) is 6.07 Å². The van der Waals surface area contributed by atoms with Gasteiger partial charge in [-0.3, -0.25) is 4.79 Å². The molecule has 102 valence electrons. The summed E-state index contributed by atoms with van der Waals surface area (Å²) in [5.41, 5.74) is 0.252. The Balaban J connectivity index is 2.24. The Morgan fingerprint density at radius 2 is 2.11 bits per heavy atom. The number of carbonyl (C=O) groups excluding carboxylic acids is 2. The third-order valence-corrected chi connectivity index (χ3v) is 3.21. The van der Waals surface area contributed by atoms with E-state index in [1.807, 2.05) is 0 Å². The van der Waals surface area contributed by atoms with Crippen LogP contribution in [-0.4, -0.2) is 36.0 Å². The summed E-state index contributed by atoms with van der Waals surface area (Å²) in [6.07, 6.45) is 1.73. The average Bonchev–Trinajstić information content (AvgIpc) is 3.22. The third-order valence-electron chi connectivity index (χ3n) is 3.21. The van der Waals surface area contributed by atoms with Crippen LogP contribution in [0.4, 0.5) is 4.39 Å². The summed E-state index contributed by atoms with van der Waals surface area (Å²) in [5, 5.41) is 0. The number of methoxy groups -OCH3 is 1. The normalized spacial score (nSPS) is 15.7. The molecule has 1 atom stereocenters. The van der Waals surface area contributed by atoms with Crippen LogP contribution in [-0.2, 0) is 9.53 Å². The minimum absolute atomic E-state index is 0.0462. The van der Waals surface area contributed by atoms with E-state index in [1.54, 1.807) is 13.0 Å². The van der Waals surface area contributed by atoms with Crippen molar-refractivity contribution < 1.29 is 18.7 Å². The lowest BCUT2D eigenvalue weighted by Crippen LogP contribution is -2.45. The quantitative estimate of drug-likeness (QED) is 0.782. The molecule has 1 saturated carbocycles. The molecule has 0 saturated heterocycles. The lowest BCUT2D eigenvalue weighted by molar-refractivity contribution is -0.145. The van der Waals surface area contributed by atoms with Crippen LogP contribution in [0.1, 0.15) is 30.1 Å². The maximum atomic E-state index is 13.2. The van der Waals surface area contributed by atoms with Gasteiger partial charge in [-0.15, -0.1) is 0 Å². The number of amides is 1. The van der Waals surface area contributed by atoms with Crippen LogP contribution >= 0.6 is 0 Å². The molecule has 1 fully saturated rings. The summed E-state index contributed by atoms with van der Waals surface area (Å²) >= 11 is 0. The number of esters is 1. The van der Waals surface area contributed by atoms with Crippen LogP contribution in [0.5, 0.6) is 0 Å². The fourth-order valence-electron chi connectivity index (χ4n) is 2.07. The number of rotatable bonds is 4. The van der Waals surface area contributed by atoms with Gasteiger partial charge < -0.3 is 9.64 Å². The van der Waals surface area contributed by atoms with E-state index in [9.17, 15) is 14.0 Å². The minimum Gasteiger partial charge on any atom is -0.467 e. The van der Waals surface area contributed by atoms with E-state index >= 15 is 0 Å². The van der Waals surface area contributed by atoms with E-state index in [0.717, 1.165) is 12.8 Å². The summed E-state index contributed by atoms with van der Waals surface area (Å²) in [4.78, 5) is 25.5. The van der Waals surface area contributed by atoms with Crippen LogP contribution in [0.15, 0.2) is 24.3 Å². The Kier molecular flexibility index (Phi) is 3.83. The van der Waals surface area contributed by atoms with Gasteiger partial charge in [-0.05, 0) is 38.0 Å². The molecular weight excluding hydrogens is 249 g/mol. The summed E-state index contributed by atoms with van der Waals surface area (Å²) in [7, 11) is 1.29. The predicted molar refractivity (Wildman–Crippen MR) is 67.1 cm³/mol. The van der Waals surface area contributed by atoms with Crippen molar-refractivity contribution in [1.29, 1.82) is 0 Å². The van der Waals surface area contributed by atoms with Gasteiger partial charge in [0.2, 0.25) is 0 Å². The van der Waals surface area contributed by atoms with Gasteiger partial charge in [0, 0.05) is 11.6 Å². The Morgan fingerprint density at radius 3 is 2.63 bits per heavy atom. The number of ether oxygens (including phenoxy) is 1. The number of hydrogen-bond acceptors (Lipinski definition) is 3. The smallest absolute Gasteiger partial charge is 0.328 e. The second-order valence-electron chi connectivity index (χ2n) is 4.65. The summed E-state index contributed by atoms with van der Waals surface area (Å²) < 4.78 is 17.8. The molecular formula is C14H16FNO3. The van der Waals surface area contributed by atoms with Crippen LogP contribution in [0.25, 0.3) is 0 Å². The Bertz CT molecular complexity index is 499. The van der Waals surface area contributed by atoms with Gasteiger partial charge in [0.05, 0.1) is 7.11 Å². The molecule has 1 aromatic rings. The average molecular weight is 265 g/mol. The van der Waals surface area contributed by atoms with E-state index in [2.05, 4.69) is 4.74 Å². The molecule has 19 heavy (non-hydrogen) atoms. The van der Waals surface area contributed by atoms with Crippen molar-refractivity contribution in [2.75, 3.05) is 7.11 Å². The Labute approximate surface area is 111 Å². The van der Waals surface area contributed by atoms with Gasteiger partial charge >= 0.3 is 5.97 Å². The second-order valence-corrected chi connectivity index (χ2v) is 4.65. The van der Waals surface area contributed by atoms with E-state index in [4.69, 9.17) is 0 Å². The van der Waals surface area contributed by atoms with Gasteiger partial charge in [0.25, 0.3) is 5.91 Å². The molecule has 0 spiro atoms. The van der Waals surface area contributed by atoms with E-state index in [1.165, 1.54) is 30.2 Å². The highest BCUT2D eigenvalue weighted by atomic mass is 19.1. The largest absolute Gasteiger partial charge is 0.467 e. The van der Waals surface area contributed by atoms with Crippen molar-refractivity contribution in [2.45, 2.75) is 31.8 Å². The maximum Gasteiger partial charge on any atom is 0.328 e. The molecule has 1 aromatic carbocycles. The topological polar surface area (TPSA) is 46.6 Å². The first-order valence-electron chi connectivity index (χ1n) is 6.20. The third kappa shape index (κ3) is 2.92.